The number of carbonyl (C=O) groups is 1. The van der Waals surface area contributed by atoms with Gasteiger partial charge in [-0.15, -0.1) is 11.3 Å². The predicted octanol–water partition coefficient (Wildman–Crippen LogP) is 17.9. The zero-order valence-corrected chi connectivity index (χ0v) is 69.0. The number of hydrogen-bond donors (Lipinski definition) is 4. The van der Waals surface area contributed by atoms with Gasteiger partial charge in [-0.1, -0.05) is 18.2 Å². The molecule has 628 valence electrons. The van der Waals surface area contributed by atoms with Crippen LogP contribution in [0.25, 0.3) is 43.6 Å². The van der Waals surface area contributed by atoms with Crippen LogP contribution in [0.2, 0.25) is 0 Å². The van der Waals surface area contributed by atoms with Crippen molar-refractivity contribution in [1.82, 2.24) is 73.8 Å². The Morgan fingerprint density at radius 1 is 0.455 bits per heavy atom. The molecular weight excluding hydrogens is 1600 g/mol. The molecule has 0 aliphatic carbocycles. The number of nitrogens with one attached hydrogen (secondary N) is 4. The van der Waals surface area contributed by atoms with Crippen molar-refractivity contribution in [1.29, 1.82) is 0 Å². The van der Waals surface area contributed by atoms with E-state index in [4.69, 9.17) is 42.6 Å². The molecule has 9 heterocycles. The molecule has 1 saturated heterocycles. The number of pyridine rings is 1. The average molecular weight is 1690 g/mol. The fourth-order valence-electron chi connectivity index (χ4n) is 12.7. The third-order valence-electron chi connectivity index (χ3n) is 19.1. The van der Waals surface area contributed by atoms with E-state index in [9.17, 15) is 22.4 Å². The zero-order chi connectivity index (χ0) is 85.9. The van der Waals surface area contributed by atoms with Gasteiger partial charge in [0.05, 0.1) is 123 Å². The van der Waals surface area contributed by atoms with Crippen molar-refractivity contribution in [2.24, 2.45) is 0 Å². The molecule has 0 atom stereocenters. The Bertz CT molecular complexity index is 6380. The topological polar surface area (TPSA) is 316 Å². The van der Waals surface area contributed by atoms with Gasteiger partial charge in [-0.05, 0) is 142 Å². The van der Waals surface area contributed by atoms with E-state index in [1.165, 1.54) is 62.9 Å². The number of hydrogen-bond acceptors (Lipinski definition) is 27. The summed E-state index contributed by atoms with van der Waals surface area (Å²) < 4.78 is 111. The molecule has 0 radical (unpaired) electrons. The average Bonchev–Trinajstić information content (AvgIpc) is 0.947. The van der Waals surface area contributed by atoms with E-state index in [0.717, 1.165) is 38.5 Å². The van der Waals surface area contributed by atoms with Crippen LogP contribution in [-0.2, 0) is 24.4 Å². The Hall–Kier alpha value is -14.9. The first-order valence-corrected chi connectivity index (χ1v) is 39.4. The van der Waals surface area contributed by atoms with E-state index < -0.39 is 0 Å². The van der Waals surface area contributed by atoms with Crippen molar-refractivity contribution in [3.05, 3.63) is 270 Å². The van der Waals surface area contributed by atoms with E-state index in [1.54, 1.807) is 148 Å². The van der Waals surface area contributed by atoms with Gasteiger partial charge in [0.2, 0.25) is 5.88 Å². The largest absolute Gasteiger partial charge is 0.493 e. The molecule has 29 nitrogen and oxygen atoms in total. The number of imidazole rings is 2. The summed E-state index contributed by atoms with van der Waals surface area (Å²) in [5.41, 5.74) is 8.71. The Kier molecular flexibility index (Phi) is 27.3. The molecule has 4 N–H and O–H groups in total. The standard InChI is InChI=1S/C26H24FN5O4.2C21H20FN5O2.C21H19FN4O2S/c1-16-3-5-20(19(27)11-16)31-25-18-12-22(34-2)23(13-21(18)29-15-30-25)36-24-6-4-17(14-28-24)26(33)32-7-9-35-10-8-32;1-14-9-15(3-4-17(14)22)26-21-16-10-19(28-2)20(11-18(16)24-12-25-21)29-8-7-27-6-5-23-13-27;1-14-3-4-17(16(22)9-14)26-21-15-10-19(28-2)20(11-18(15)24-12-25-21)29-8-7-27-6-5-23-13-27;1-12-4-5-17(16(22)6-12)26-21-15-7-19(27-3)20(8-18(15)23-11-24-21)28-9-14-10-29-13(2)25-14/h3-6,11-15H,7-10H2,1-2H3,(H,29,30,31);2*3-6,9-13H,7-8H2,1-2H3,(H,24,25,26);4-8,10-11H,9H2,1-3H3,(H,23,24,26). The summed E-state index contributed by atoms with van der Waals surface area (Å²) in [6, 6.07) is 37.2. The second kappa shape index (κ2) is 39.8. The molecular formula is C89H83F4N19O10S. The molecule has 123 heavy (non-hydrogen) atoms. The van der Waals surface area contributed by atoms with Crippen molar-refractivity contribution in [2.45, 2.75) is 54.3 Å². The number of anilines is 8. The van der Waals surface area contributed by atoms with E-state index in [0.29, 0.717) is 201 Å². The first kappa shape index (κ1) is 84.5. The van der Waals surface area contributed by atoms with Crippen molar-refractivity contribution in [2.75, 3.05) is 89.2 Å². The van der Waals surface area contributed by atoms with Gasteiger partial charge in [0, 0.05) is 107 Å². The van der Waals surface area contributed by atoms with E-state index in [1.807, 2.05) is 84.9 Å². The summed E-state index contributed by atoms with van der Waals surface area (Å²) in [6.07, 6.45) is 17.9. The second-order valence-electron chi connectivity index (χ2n) is 27.7. The number of methoxy groups -OCH3 is 4. The number of thiazole rings is 1. The normalized spacial score (nSPS) is 11.6. The minimum atomic E-state index is -0.379. The van der Waals surface area contributed by atoms with E-state index >= 15 is 0 Å². The number of benzene rings is 8. The third kappa shape index (κ3) is 21.4. The van der Waals surface area contributed by atoms with Crippen LogP contribution in [0.5, 0.6) is 51.9 Å². The van der Waals surface area contributed by atoms with Crippen LogP contribution in [-0.4, -0.2) is 148 Å². The monoisotopic (exact) mass is 1690 g/mol. The molecule has 1 aliphatic heterocycles. The Morgan fingerprint density at radius 3 is 1.28 bits per heavy atom. The molecule has 0 bridgehead atoms. The van der Waals surface area contributed by atoms with Gasteiger partial charge in [-0.2, -0.15) is 0 Å². The number of rotatable bonds is 26. The smallest absolute Gasteiger partial charge is 0.255 e. The highest BCUT2D eigenvalue weighted by Gasteiger charge is 2.23. The van der Waals surface area contributed by atoms with Crippen LogP contribution in [0.4, 0.5) is 63.6 Å². The minimum absolute atomic E-state index is 0.0950. The fraction of sp³-hybridized carbons (Fsp3) is 0.202. The fourth-order valence-corrected chi connectivity index (χ4v) is 13.3. The van der Waals surface area contributed by atoms with Gasteiger partial charge < -0.3 is 77.9 Å². The number of aromatic nitrogens is 14. The van der Waals surface area contributed by atoms with Gasteiger partial charge in [0.25, 0.3) is 5.91 Å². The third-order valence-corrected chi connectivity index (χ3v) is 19.9. The number of nitrogens with zero attached hydrogens (tertiary/aromatic N) is 15. The van der Waals surface area contributed by atoms with Crippen molar-refractivity contribution >= 4 is 107 Å². The van der Waals surface area contributed by atoms with Crippen LogP contribution < -0.4 is 59.2 Å². The van der Waals surface area contributed by atoms with E-state index in [2.05, 4.69) is 81.1 Å². The summed E-state index contributed by atoms with van der Waals surface area (Å²) >= 11 is 1.57. The van der Waals surface area contributed by atoms with Gasteiger partial charge in [0.1, 0.15) is 91.7 Å². The lowest BCUT2D eigenvalue weighted by atomic mass is 10.2. The van der Waals surface area contributed by atoms with Crippen LogP contribution in [0, 0.1) is 57.9 Å². The van der Waals surface area contributed by atoms with Crippen LogP contribution in [0.15, 0.2) is 208 Å². The molecule has 0 spiro atoms. The summed E-state index contributed by atoms with van der Waals surface area (Å²) in [5.74, 6) is 5.07. The quantitative estimate of drug-likeness (QED) is 0.0366. The molecule has 0 unspecified atom stereocenters. The Labute approximate surface area is 707 Å². The van der Waals surface area contributed by atoms with Gasteiger partial charge in [-0.25, -0.2) is 77.4 Å². The van der Waals surface area contributed by atoms with Crippen LogP contribution in [0.3, 0.4) is 0 Å². The van der Waals surface area contributed by atoms with Crippen LogP contribution >= 0.6 is 11.3 Å². The lowest BCUT2D eigenvalue weighted by Crippen LogP contribution is -2.40. The Balaban J connectivity index is 0.000000134. The number of carbonyl (C=O) groups excluding carboxylic acids is 1. The summed E-state index contributed by atoms with van der Waals surface area (Å²) in [4.78, 5) is 65.6. The molecule has 34 heteroatoms. The predicted molar refractivity (Wildman–Crippen MR) is 460 cm³/mol. The highest BCUT2D eigenvalue weighted by atomic mass is 32.1. The van der Waals surface area contributed by atoms with Gasteiger partial charge >= 0.3 is 0 Å². The minimum Gasteiger partial charge on any atom is -0.493 e. The van der Waals surface area contributed by atoms with E-state index in [-0.39, 0.29) is 29.2 Å². The Morgan fingerprint density at radius 2 is 0.886 bits per heavy atom. The van der Waals surface area contributed by atoms with Crippen molar-refractivity contribution in [3.63, 3.8) is 0 Å². The highest BCUT2D eigenvalue weighted by molar-refractivity contribution is 7.09. The number of ether oxygens (including phenoxy) is 9. The maximum Gasteiger partial charge on any atom is 0.255 e. The summed E-state index contributed by atoms with van der Waals surface area (Å²) in [7, 11) is 6.24. The van der Waals surface area contributed by atoms with Gasteiger partial charge in [-0.3, -0.25) is 4.79 Å². The molecule has 1 aliphatic rings. The number of morpholine rings is 1. The molecule has 0 saturated carbocycles. The number of halogens is 4. The maximum atomic E-state index is 14.4. The number of amides is 1. The molecule has 8 aromatic carbocycles. The summed E-state index contributed by atoms with van der Waals surface area (Å²) in [5, 5.41) is 18.1. The molecule has 17 rings (SSSR count). The first-order chi connectivity index (χ1) is 59.8. The zero-order valence-electron chi connectivity index (χ0n) is 68.2. The number of aryl methyl sites for hydroxylation is 5. The lowest BCUT2D eigenvalue weighted by Gasteiger charge is -2.26. The second-order valence-corrected chi connectivity index (χ2v) is 28.8. The molecule has 8 aromatic heterocycles. The highest BCUT2D eigenvalue weighted by Crippen LogP contribution is 2.41. The van der Waals surface area contributed by atoms with Crippen LogP contribution in [0.1, 0.15) is 43.3 Å². The molecule has 1 fully saturated rings. The van der Waals surface area contributed by atoms with Gasteiger partial charge in [0.15, 0.2) is 46.0 Å². The lowest BCUT2D eigenvalue weighted by molar-refractivity contribution is 0.0302. The van der Waals surface area contributed by atoms with Crippen molar-refractivity contribution < 1.29 is 65.0 Å². The SMILES string of the molecule is COc1cc2c(Nc3ccc(C)cc3F)ncnc2cc1OCCn1ccnc1.COc1cc2c(Nc3ccc(C)cc3F)ncnc2cc1OCc1csc(C)n1.COc1cc2c(Nc3ccc(C)cc3F)ncnc2cc1Oc1ccc(C(=O)N2CCOCC2)cn1.COc1cc2c(Nc3ccc(F)c(C)c3)ncnc2cc1OCCn1ccnc1. The first-order valence-electron chi connectivity index (χ1n) is 38.5. The summed E-state index contributed by atoms with van der Waals surface area (Å²) in [6.45, 7) is 13.9. The molecule has 1 amide bonds. The molecule has 16 aromatic rings. The number of fused-ring (bicyclic) bond motifs is 4. The maximum absolute atomic E-state index is 14.4. The van der Waals surface area contributed by atoms with Crippen molar-refractivity contribution in [3.8, 4) is 51.9 Å².